The fourth-order valence-electron chi connectivity index (χ4n) is 3.16. The number of hydrogen-bond acceptors (Lipinski definition) is 5. The Kier molecular flexibility index (Phi) is 6.60. The number of amides is 1. The standard InChI is InChI=1S/C18H25NO3S2/c1-21-16-11-13(18-23-9-10-24-18)7-8-15(16)22-12-17(20)19-14-5-3-2-4-6-14/h7-8,11,14,18H,2-6,9-10,12H2,1H3,(H,19,20). The van der Waals surface area contributed by atoms with Gasteiger partial charge in [0.25, 0.3) is 5.91 Å². The lowest BCUT2D eigenvalue weighted by Crippen LogP contribution is -2.39. The number of benzene rings is 1. The topological polar surface area (TPSA) is 47.6 Å². The van der Waals surface area contributed by atoms with Gasteiger partial charge in [-0.2, -0.15) is 0 Å². The van der Waals surface area contributed by atoms with Crippen molar-refractivity contribution in [2.75, 3.05) is 25.2 Å². The van der Waals surface area contributed by atoms with Crippen LogP contribution in [-0.2, 0) is 4.79 Å². The van der Waals surface area contributed by atoms with Gasteiger partial charge in [-0.1, -0.05) is 25.3 Å². The smallest absolute Gasteiger partial charge is 0.258 e. The molecule has 2 aliphatic rings. The van der Waals surface area contributed by atoms with Gasteiger partial charge >= 0.3 is 0 Å². The minimum absolute atomic E-state index is 0.0408. The highest BCUT2D eigenvalue weighted by Crippen LogP contribution is 2.46. The lowest BCUT2D eigenvalue weighted by Gasteiger charge is -2.22. The third-order valence-corrected chi connectivity index (χ3v) is 7.52. The van der Waals surface area contributed by atoms with Crippen LogP contribution < -0.4 is 14.8 Å². The molecule has 1 aromatic rings. The van der Waals surface area contributed by atoms with E-state index in [1.807, 2.05) is 35.7 Å². The Bertz CT molecular complexity index is 555. The summed E-state index contributed by atoms with van der Waals surface area (Å²) in [4.78, 5) is 12.1. The molecule has 0 spiro atoms. The zero-order chi connectivity index (χ0) is 16.8. The Balaban J connectivity index is 1.54. The van der Waals surface area contributed by atoms with Gasteiger partial charge in [0.15, 0.2) is 18.1 Å². The highest BCUT2D eigenvalue weighted by molar-refractivity contribution is 8.19. The molecule has 1 aliphatic heterocycles. The van der Waals surface area contributed by atoms with Crippen molar-refractivity contribution < 1.29 is 14.3 Å². The minimum atomic E-state index is -0.0464. The Hall–Kier alpha value is -1.01. The number of hydrogen-bond donors (Lipinski definition) is 1. The fraction of sp³-hybridized carbons (Fsp3) is 0.611. The molecular formula is C18H25NO3S2. The van der Waals surface area contributed by atoms with Crippen molar-refractivity contribution in [1.29, 1.82) is 0 Å². The van der Waals surface area contributed by atoms with Crippen molar-refractivity contribution in [1.82, 2.24) is 5.32 Å². The average Bonchev–Trinajstić information content (AvgIpc) is 3.15. The maximum Gasteiger partial charge on any atom is 0.258 e. The van der Waals surface area contributed by atoms with E-state index in [0.717, 1.165) is 12.8 Å². The lowest BCUT2D eigenvalue weighted by molar-refractivity contribution is -0.124. The molecule has 0 bridgehead atoms. The summed E-state index contributed by atoms with van der Waals surface area (Å²) in [5, 5.41) is 3.07. The summed E-state index contributed by atoms with van der Waals surface area (Å²) in [6.45, 7) is 0.0408. The van der Waals surface area contributed by atoms with Crippen LogP contribution in [0, 0.1) is 0 Å². The Labute approximate surface area is 152 Å². The predicted octanol–water partition coefficient (Wildman–Crippen LogP) is 4.00. The molecule has 0 unspecified atom stereocenters. The molecule has 0 radical (unpaired) electrons. The van der Waals surface area contributed by atoms with Crippen LogP contribution in [0.4, 0.5) is 0 Å². The van der Waals surface area contributed by atoms with Crippen molar-refractivity contribution in [2.45, 2.75) is 42.7 Å². The summed E-state index contributed by atoms with van der Waals surface area (Å²) in [6, 6.07) is 6.34. The minimum Gasteiger partial charge on any atom is -0.493 e. The third-order valence-electron chi connectivity index (χ3n) is 4.41. The molecule has 1 saturated carbocycles. The first-order valence-electron chi connectivity index (χ1n) is 8.59. The molecule has 6 heteroatoms. The maximum absolute atomic E-state index is 12.1. The Morgan fingerprint density at radius 3 is 2.62 bits per heavy atom. The van der Waals surface area contributed by atoms with Crippen LogP contribution in [0.1, 0.15) is 42.2 Å². The number of methoxy groups -OCH3 is 1. The summed E-state index contributed by atoms with van der Waals surface area (Å²) in [7, 11) is 1.64. The Morgan fingerprint density at radius 2 is 1.92 bits per heavy atom. The molecule has 2 fully saturated rings. The van der Waals surface area contributed by atoms with E-state index in [4.69, 9.17) is 9.47 Å². The third kappa shape index (κ3) is 4.76. The van der Waals surface area contributed by atoms with Crippen LogP contribution in [0.2, 0.25) is 0 Å². The Morgan fingerprint density at radius 1 is 1.17 bits per heavy atom. The molecule has 1 saturated heterocycles. The quantitative estimate of drug-likeness (QED) is 0.823. The van der Waals surface area contributed by atoms with Gasteiger partial charge in [-0.3, -0.25) is 4.79 Å². The van der Waals surface area contributed by atoms with Gasteiger partial charge in [0.05, 0.1) is 11.7 Å². The second-order valence-corrected chi connectivity index (χ2v) is 8.90. The highest BCUT2D eigenvalue weighted by Gasteiger charge is 2.20. The van der Waals surface area contributed by atoms with Crippen LogP contribution in [0.15, 0.2) is 18.2 Å². The lowest BCUT2D eigenvalue weighted by atomic mass is 9.95. The first kappa shape index (κ1) is 17.8. The van der Waals surface area contributed by atoms with Crippen LogP contribution >= 0.6 is 23.5 Å². The monoisotopic (exact) mass is 367 g/mol. The largest absolute Gasteiger partial charge is 0.493 e. The van der Waals surface area contributed by atoms with Gasteiger partial charge < -0.3 is 14.8 Å². The van der Waals surface area contributed by atoms with Crippen molar-refractivity contribution in [3.05, 3.63) is 23.8 Å². The van der Waals surface area contributed by atoms with E-state index in [2.05, 4.69) is 11.4 Å². The zero-order valence-corrected chi connectivity index (χ0v) is 15.7. The highest BCUT2D eigenvalue weighted by atomic mass is 32.2. The van der Waals surface area contributed by atoms with E-state index in [0.29, 0.717) is 22.1 Å². The van der Waals surface area contributed by atoms with Gasteiger partial charge in [-0.25, -0.2) is 0 Å². The van der Waals surface area contributed by atoms with E-state index in [-0.39, 0.29) is 12.5 Å². The van der Waals surface area contributed by atoms with E-state index in [1.165, 1.54) is 36.3 Å². The zero-order valence-electron chi connectivity index (χ0n) is 14.1. The van der Waals surface area contributed by atoms with E-state index in [9.17, 15) is 4.79 Å². The number of rotatable bonds is 6. The average molecular weight is 368 g/mol. The first-order valence-corrected chi connectivity index (χ1v) is 10.7. The summed E-state index contributed by atoms with van der Waals surface area (Å²) < 4.78 is 11.6. The van der Waals surface area contributed by atoms with E-state index in [1.54, 1.807) is 7.11 Å². The molecule has 0 aromatic heterocycles. The van der Waals surface area contributed by atoms with Crippen molar-refractivity contribution in [2.24, 2.45) is 0 Å². The molecule has 1 heterocycles. The predicted molar refractivity (Wildman–Crippen MR) is 101 cm³/mol. The van der Waals surface area contributed by atoms with Gasteiger partial charge in [0.2, 0.25) is 0 Å². The second kappa shape index (κ2) is 8.90. The SMILES string of the molecule is COc1cc(C2SCCS2)ccc1OCC(=O)NC1CCCCC1. The summed E-state index contributed by atoms with van der Waals surface area (Å²) >= 11 is 3.92. The van der Waals surface area contributed by atoms with Gasteiger partial charge in [-0.15, -0.1) is 23.5 Å². The maximum atomic E-state index is 12.1. The van der Waals surface area contributed by atoms with Crippen LogP contribution in [-0.4, -0.2) is 37.2 Å². The van der Waals surface area contributed by atoms with Gasteiger partial charge in [0.1, 0.15) is 0 Å². The van der Waals surface area contributed by atoms with Crippen molar-refractivity contribution in [3.8, 4) is 11.5 Å². The molecular weight excluding hydrogens is 342 g/mol. The van der Waals surface area contributed by atoms with Gasteiger partial charge in [0, 0.05) is 17.5 Å². The molecule has 1 aromatic carbocycles. The molecule has 1 amide bonds. The van der Waals surface area contributed by atoms with E-state index >= 15 is 0 Å². The summed E-state index contributed by atoms with van der Waals surface area (Å²) in [5.74, 6) is 3.67. The molecule has 4 nitrogen and oxygen atoms in total. The van der Waals surface area contributed by atoms with Crippen LogP contribution in [0.5, 0.6) is 11.5 Å². The van der Waals surface area contributed by atoms with E-state index < -0.39 is 0 Å². The first-order chi connectivity index (χ1) is 11.8. The number of ether oxygens (including phenoxy) is 2. The number of carbonyl (C=O) groups excluding carboxylic acids is 1. The second-order valence-electron chi connectivity index (χ2n) is 6.17. The number of thioether (sulfide) groups is 2. The molecule has 1 N–H and O–H groups in total. The van der Waals surface area contributed by atoms with Crippen LogP contribution in [0.3, 0.4) is 0 Å². The molecule has 24 heavy (non-hydrogen) atoms. The van der Waals surface area contributed by atoms with Crippen molar-refractivity contribution >= 4 is 29.4 Å². The summed E-state index contributed by atoms with van der Waals surface area (Å²) in [6.07, 6.45) is 5.86. The number of carbonyl (C=O) groups is 1. The number of nitrogens with one attached hydrogen (secondary N) is 1. The van der Waals surface area contributed by atoms with Gasteiger partial charge in [-0.05, 0) is 30.5 Å². The molecule has 3 rings (SSSR count). The molecule has 132 valence electrons. The summed E-state index contributed by atoms with van der Waals surface area (Å²) in [5.41, 5.74) is 1.25. The normalized spacial score (nSPS) is 19.2. The van der Waals surface area contributed by atoms with Crippen molar-refractivity contribution in [3.63, 3.8) is 0 Å². The molecule has 1 aliphatic carbocycles. The fourth-order valence-corrected chi connectivity index (χ4v) is 6.00. The molecule has 0 atom stereocenters. The van der Waals surface area contributed by atoms with Crippen LogP contribution in [0.25, 0.3) is 0 Å².